The van der Waals surface area contributed by atoms with Crippen molar-refractivity contribution >= 4 is 11.9 Å². The number of pyridine rings is 2. The second-order valence-corrected chi connectivity index (χ2v) is 4.50. The molecule has 0 unspecified atom stereocenters. The van der Waals surface area contributed by atoms with Gasteiger partial charge in [-0.2, -0.15) is 0 Å². The number of carboxylic acids is 2. The zero-order chi connectivity index (χ0) is 20.2. The van der Waals surface area contributed by atoms with Gasteiger partial charge in [0, 0.05) is 37.4 Å². The average Bonchev–Trinajstić information content (AvgIpc) is 2.70. The van der Waals surface area contributed by atoms with Crippen LogP contribution >= 0.6 is 0 Å². The molecule has 0 aliphatic heterocycles. The van der Waals surface area contributed by atoms with Gasteiger partial charge in [0.15, 0.2) is 0 Å². The van der Waals surface area contributed by atoms with E-state index < -0.39 is 11.9 Å². The van der Waals surface area contributed by atoms with Crippen LogP contribution in [0.15, 0.2) is 48.8 Å². The Balaban J connectivity index is -0.000000289. The molecule has 0 aliphatic carbocycles. The monoisotopic (exact) mass is 425 g/mol. The van der Waals surface area contributed by atoms with Gasteiger partial charge >= 0.3 is 17.1 Å². The Morgan fingerprint density at radius 2 is 1.11 bits per heavy atom. The first-order valence-electron chi connectivity index (χ1n) is 8.00. The molecule has 8 nitrogen and oxygen atoms in total. The summed E-state index contributed by atoms with van der Waals surface area (Å²) in [5.74, 6) is -1.99. The van der Waals surface area contributed by atoms with Crippen LogP contribution in [0.3, 0.4) is 0 Å². The molecule has 2 aromatic rings. The van der Waals surface area contributed by atoms with E-state index in [2.05, 4.69) is 9.97 Å². The van der Waals surface area contributed by atoms with Gasteiger partial charge in [-0.3, -0.25) is 9.97 Å². The number of aliphatic carboxylic acids is 2. The van der Waals surface area contributed by atoms with Crippen LogP contribution in [0.25, 0.3) is 0 Å². The van der Waals surface area contributed by atoms with Gasteiger partial charge in [-0.1, -0.05) is 26.0 Å². The maximum atomic E-state index is 9.26. The Morgan fingerprint density at radius 1 is 0.815 bits per heavy atom. The fraction of sp³-hybridized carbons (Fsp3) is 0.333. The van der Waals surface area contributed by atoms with Crippen LogP contribution in [-0.4, -0.2) is 21.9 Å². The van der Waals surface area contributed by atoms with Crippen molar-refractivity contribution in [3.05, 3.63) is 60.2 Å². The normalized spacial score (nSPS) is 8.15. The second-order valence-electron chi connectivity index (χ2n) is 4.50. The van der Waals surface area contributed by atoms with Gasteiger partial charge in [0.05, 0.1) is 11.4 Å². The molecule has 2 heterocycles. The minimum absolute atomic E-state index is 0. The van der Waals surface area contributed by atoms with Crippen LogP contribution < -0.4 is 21.7 Å². The molecular weight excluding hydrogens is 400 g/mol. The zero-order valence-corrected chi connectivity index (χ0v) is 16.4. The van der Waals surface area contributed by atoms with E-state index in [1.54, 1.807) is 12.4 Å². The van der Waals surface area contributed by atoms with Gasteiger partial charge in [-0.25, -0.2) is 0 Å². The van der Waals surface area contributed by atoms with Crippen molar-refractivity contribution in [1.82, 2.24) is 9.97 Å². The molecule has 0 aromatic carbocycles. The molecule has 27 heavy (non-hydrogen) atoms. The molecule has 2 aromatic heterocycles. The molecule has 0 amide bonds. The zero-order valence-electron chi connectivity index (χ0n) is 15.4. The Labute approximate surface area is 170 Å². The molecule has 1 radical (unpaired) electrons. The molecule has 153 valence electrons. The van der Waals surface area contributed by atoms with Crippen LogP contribution in [0.5, 0.6) is 0 Å². The smallest absolute Gasteiger partial charge is 0.550 e. The summed E-state index contributed by atoms with van der Waals surface area (Å²) >= 11 is 0. The minimum atomic E-state index is -0.995. The molecule has 0 aliphatic rings. The van der Waals surface area contributed by atoms with E-state index in [-0.39, 0.29) is 29.9 Å². The van der Waals surface area contributed by atoms with Crippen molar-refractivity contribution in [3.63, 3.8) is 0 Å². The van der Waals surface area contributed by atoms with Gasteiger partial charge in [-0.15, -0.1) is 0 Å². The topological polar surface area (TPSA) is 158 Å². The first-order valence-corrected chi connectivity index (χ1v) is 8.00. The van der Waals surface area contributed by atoms with Crippen LogP contribution in [0, 0.1) is 0 Å². The van der Waals surface area contributed by atoms with Crippen LogP contribution in [0.4, 0.5) is 0 Å². The van der Waals surface area contributed by atoms with Crippen molar-refractivity contribution in [2.75, 3.05) is 0 Å². The van der Waals surface area contributed by atoms with Crippen molar-refractivity contribution in [2.45, 2.75) is 39.8 Å². The Kier molecular flexibility index (Phi) is 23.7. The fourth-order valence-electron chi connectivity index (χ4n) is 1.04. The standard InChI is InChI=1S/2C6H8N2.2C3H6O2.Cu/c2*7-5-6-3-1-2-4-8-6;2*1-2-3(4)5;/h2*1-4H,5,7H2;2*2H2,1H3,(H,4,5);/q;;;;+2/p-2. The van der Waals surface area contributed by atoms with Crippen LogP contribution in [-0.2, 0) is 39.7 Å². The summed E-state index contributed by atoms with van der Waals surface area (Å²) in [5.41, 5.74) is 12.4. The second kappa shape index (κ2) is 21.7. The van der Waals surface area contributed by atoms with Crippen molar-refractivity contribution in [2.24, 2.45) is 11.5 Å². The first-order chi connectivity index (χ1) is 12.4. The van der Waals surface area contributed by atoms with Gasteiger partial charge in [0.1, 0.15) is 0 Å². The van der Waals surface area contributed by atoms with E-state index in [0.717, 1.165) is 11.4 Å². The largest absolute Gasteiger partial charge is 2.00 e. The van der Waals surface area contributed by atoms with Gasteiger partial charge < -0.3 is 31.3 Å². The van der Waals surface area contributed by atoms with Gasteiger partial charge in [-0.05, 0) is 37.1 Å². The predicted octanol–water partition coefficient (Wildman–Crippen LogP) is -0.629. The summed E-state index contributed by atoms with van der Waals surface area (Å²) in [6.45, 7) is 4.13. The fourth-order valence-corrected chi connectivity index (χ4v) is 1.04. The maximum Gasteiger partial charge on any atom is 2.00 e. The molecule has 4 N–H and O–H groups in total. The summed E-state index contributed by atoms with van der Waals surface area (Å²) < 4.78 is 0. The van der Waals surface area contributed by atoms with Crippen LogP contribution in [0.2, 0.25) is 0 Å². The first kappa shape index (κ1) is 29.4. The van der Waals surface area contributed by atoms with E-state index in [4.69, 9.17) is 11.5 Å². The number of carbonyl (C=O) groups excluding carboxylic acids is 2. The molecule has 2 rings (SSSR count). The molecule has 0 bridgehead atoms. The average molecular weight is 426 g/mol. The summed E-state index contributed by atoms with van der Waals surface area (Å²) in [6, 6.07) is 11.4. The number of rotatable bonds is 4. The number of hydrogen-bond acceptors (Lipinski definition) is 8. The van der Waals surface area contributed by atoms with Crippen molar-refractivity contribution < 1.29 is 36.9 Å². The third-order valence-corrected chi connectivity index (χ3v) is 2.45. The van der Waals surface area contributed by atoms with Gasteiger partial charge in [0.2, 0.25) is 0 Å². The third kappa shape index (κ3) is 23.7. The number of carbonyl (C=O) groups is 2. The molecule has 0 fully saturated rings. The number of nitrogens with zero attached hydrogens (tertiary/aromatic N) is 2. The summed E-state index contributed by atoms with van der Waals surface area (Å²) in [4.78, 5) is 26.5. The molecular formula is C18H26CuN4O4. The summed E-state index contributed by atoms with van der Waals surface area (Å²) in [5, 5.41) is 18.5. The molecule has 0 saturated heterocycles. The SMILES string of the molecule is CCC(=O)[O-].CCC(=O)[O-].NCc1ccccn1.NCc1ccccn1.[Cu+2]. The Hall–Kier alpha value is -2.32. The van der Waals surface area contributed by atoms with E-state index >= 15 is 0 Å². The number of aromatic nitrogens is 2. The molecule has 0 atom stereocenters. The summed E-state index contributed by atoms with van der Waals surface area (Å²) in [7, 11) is 0. The van der Waals surface area contributed by atoms with E-state index in [9.17, 15) is 19.8 Å². The van der Waals surface area contributed by atoms with Crippen molar-refractivity contribution in [3.8, 4) is 0 Å². The third-order valence-electron chi connectivity index (χ3n) is 2.45. The molecule has 0 spiro atoms. The number of nitrogens with two attached hydrogens (primary N) is 2. The van der Waals surface area contributed by atoms with E-state index in [1.165, 1.54) is 13.8 Å². The van der Waals surface area contributed by atoms with Crippen molar-refractivity contribution in [1.29, 1.82) is 0 Å². The molecule has 0 saturated carbocycles. The van der Waals surface area contributed by atoms with Crippen LogP contribution in [0.1, 0.15) is 38.1 Å². The van der Waals surface area contributed by atoms with E-state index in [0.29, 0.717) is 13.1 Å². The van der Waals surface area contributed by atoms with E-state index in [1.807, 2.05) is 36.4 Å². The predicted molar refractivity (Wildman–Crippen MR) is 94.9 cm³/mol. The Morgan fingerprint density at radius 3 is 1.22 bits per heavy atom. The number of carboxylic acid groups (broad SMARTS) is 2. The quantitative estimate of drug-likeness (QED) is 0.612. The maximum absolute atomic E-state index is 9.26. The Bertz CT molecular complexity index is 533. The van der Waals surface area contributed by atoms with Gasteiger partial charge in [0.25, 0.3) is 0 Å². The molecule has 9 heteroatoms. The number of hydrogen-bond donors (Lipinski definition) is 2. The summed E-state index contributed by atoms with van der Waals surface area (Å²) in [6.07, 6.45) is 3.70. The minimum Gasteiger partial charge on any atom is -0.550 e.